The largest absolute Gasteiger partial charge is 0.272 e. The van der Waals surface area contributed by atoms with Gasteiger partial charge in [0.05, 0.1) is 0 Å². The van der Waals surface area contributed by atoms with Gasteiger partial charge in [-0.2, -0.15) is 0 Å². The molecule has 0 saturated carbocycles. The lowest BCUT2D eigenvalue weighted by Crippen LogP contribution is -1.59. The van der Waals surface area contributed by atoms with Crippen molar-refractivity contribution in [2.45, 2.75) is 20.8 Å². The first-order chi connectivity index (χ1) is 4.31. The van der Waals surface area contributed by atoms with Crippen LogP contribution in [0.4, 0.5) is 0 Å². The molecule has 0 aromatic carbocycles. The topological polar surface area (TPSA) is 12.4 Å². The van der Waals surface area contributed by atoms with Crippen LogP contribution < -0.4 is 0 Å². The molecule has 0 bridgehead atoms. The van der Waals surface area contributed by atoms with E-state index in [9.17, 15) is 0 Å². The van der Waals surface area contributed by atoms with Gasteiger partial charge in [0.25, 0.3) is 0 Å². The fourth-order valence-electron chi connectivity index (χ4n) is 0.197. The van der Waals surface area contributed by atoms with Crippen LogP contribution in [0.1, 0.15) is 20.8 Å². The molecule has 0 heterocycles. The standard InChI is InChI=1S/C6H9N.C2H6/c1-4-6(2)5-7-3;1-2/h4-5H,1,3H2,2H3;1-2H3/b6-5-;. The molecule has 52 valence electrons. The van der Waals surface area contributed by atoms with E-state index < -0.39 is 0 Å². The molecule has 0 unspecified atom stereocenters. The zero-order valence-electron chi connectivity index (χ0n) is 6.52. The van der Waals surface area contributed by atoms with Gasteiger partial charge in [0, 0.05) is 6.20 Å². The Morgan fingerprint density at radius 2 is 1.89 bits per heavy atom. The first-order valence-electron chi connectivity index (χ1n) is 3.06. The molecule has 0 aromatic rings. The van der Waals surface area contributed by atoms with Crippen LogP contribution in [0.25, 0.3) is 0 Å². The van der Waals surface area contributed by atoms with E-state index in [1.807, 2.05) is 20.8 Å². The van der Waals surface area contributed by atoms with Crippen LogP contribution >= 0.6 is 0 Å². The van der Waals surface area contributed by atoms with Crippen LogP contribution in [0.3, 0.4) is 0 Å². The highest BCUT2D eigenvalue weighted by Gasteiger charge is 1.69. The molecule has 0 aliphatic heterocycles. The average Bonchev–Trinajstić information content (AvgIpc) is 1.93. The lowest BCUT2D eigenvalue weighted by atomic mass is 10.3. The van der Waals surface area contributed by atoms with Crippen LogP contribution in [0, 0.1) is 0 Å². The lowest BCUT2D eigenvalue weighted by molar-refractivity contribution is 1.45. The molecule has 0 aliphatic rings. The molecule has 0 radical (unpaired) electrons. The predicted octanol–water partition coefficient (Wildman–Crippen LogP) is 2.80. The summed E-state index contributed by atoms with van der Waals surface area (Å²) in [5.41, 5.74) is 1.04. The Morgan fingerprint density at radius 3 is 2.00 bits per heavy atom. The second kappa shape index (κ2) is 10.2. The molecular formula is C8H15N. The second-order valence-electron chi connectivity index (χ2n) is 1.26. The second-order valence-corrected chi connectivity index (χ2v) is 1.26. The third-order valence-electron chi connectivity index (χ3n) is 0.617. The molecule has 0 fully saturated rings. The summed E-state index contributed by atoms with van der Waals surface area (Å²) >= 11 is 0. The molecule has 0 aromatic heterocycles. The summed E-state index contributed by atoms with van der Waals surface area (Å²) < 4.78 is 0. The smallest absolute Gasteiger partial charge is 0.0289 e. The summed E-state index contributed by atoms with van der Waals surface area (Å²) in [5, 5.41) is 0. The van der Waals surface area contributed by atoms with Gasteiger partial charge >= 0.3 is 0 Å². The minimum atomic E-state index is 1.04. The van der Waals surface area contributed by atoms with Crippen molar-refractivity contribution in [3.63, 3.8) is 0 Å². The van der Waals surface area contributed by atoms with Crippen LogP contribution in [0.2, 0.25) is 0 Å². The SMILES string of the molecule is C=C/C(C)=C\N=C.CC. The minimum absolute atomic E-state index is 1.04. The predicted molar refractivity (Wildman–Crippen MR) is 44.9 cm³/mol. The molecule has 0 aliphatic carbocycles. The zero-order chi connectivity index (χ0) is 7.70. The zero-order valence-corrected chi connectivity index (χ0v) is 6.52. The Kier molecular flexibility index (Phi) is 12.5. The molecule has 0 spiro atoms. The third kappa shape index (κ3) is 11.0. The molecule has 9 heavy (non-hydrogen) atoms. The van der Waals surface area contributed by atoms with Crippen molar-refractivity contribution in [1.82, 2.24) is 0 Å². The van der Waals surface area contributed by atoms with Gasteiger partial charge in [0.2, 0.25) is 0 Å². The van der Waals surface area contributed by atoms with Crippen LogP contribution in [0.15, 0.2) is 29.4 Å². The molecule has 0 atom stereocenters. The number of hydrogen-bond acceptors (Lipinski definition) is 1. The minimum Gasteiger partial charge on any atom is -0.272 e. The maximum atomic E-state index is 3.52. The Labute approximate surface area is 57.8 Å². The molecular weight excluding hydrogens is 110 g/mol. The normalized spacial score (nSPS) is 9.00. The van der Waals surface area contributed by atoms with E-state index in [0.717, 1.165) is 5.57 Å². The van der Waals surface area contributed by atoms with Crippen molar-refractivity contribution in [3.8, 4) is 0 Å². The highest BCUT2D eigenvalue weighted by atomic mass is 14.6. The van der Waals surface area contributed by atoms with Crippen LogP contribution in [-0.2, 0) is 0 Å². The Balaban J connectivity index is 0. The van der Waals surface area contributed by atoms with Crippen molar-refractivity contribution in [1.29, 1.82) is 0 Å². The number of allylic oxidation sites excluding steroid dienone is 2. The van der Waals surface area contributed by atoms with Gasteiger partial charge in [-0.3, -0.25) is 4.99 Å². The quantitative estimate of drug-likeness (QED) is 0.397. The van der Waals surface area contributed by atoms with Gasteiger partial charge in [-0.1, -0.05) is 26.5 Å². The Bertz CT molecular complexity index is 101. The van der Waals surface area contributed by atoms with Crippen molar-refractivity contribution in [2.75, 3.05) is 0 Å². The summed E-state index contributed by atoms with van der Waals surface area (Å²) in [6.07, 6.45) is 3.39. The van der Waals surface area contributed by atoms with Gasteiger partial charge in [-0.15, -0.1) is 0 Å². The lowest BCUT2D eigenvalue weighted by Gasteiger charge is -1.79. The van der Waals surface area contributed by atoms with Crippen molar-refractivity contribution >= 4 is 6.72 Å². The Morgan fingerprint density at radius 1 is 1.44 bits per heavy atom. The molecule has 0 saturated heterocycles. The van der Waals surface area contributed by atoms with E-state index in [1.165, 1.54) is 0 Å². The summed E-state index contributed by atoms with van der Waals surface area (Å²) in [7, 11) is 0. The number of rotatable bonds is 2. The van der Waals surface area contributed by atoms with E-state index in [2.05, 4.69) is 18.3 Å². The van der Waals surface area contributed by atoms with E-state index >= 15 is 0 Å². The molecule has 0 amide bonds. The van der Waals surface area contributed by atoms with Gasteiger partial charge in [0.1, 0.15) is 0 Å². The Hall–Kier alpha value is -0.850. The first-order valence-corrected chi connectivity index (χ1v) is 3.06. The monoisotopic (exact) mass is 125 g/mol. The van der Waals surface area contributed by atoms with Crippen LogP contribution in [-0.4, -0.2) is 6.72 Å². The summed E-state index contributed by atoms with van der Waals surface area (Å²) in [6.45, 7) is 12.7. The van der Waals surface area contributed by atoms with Gasteiger partial charge < -0.3 is 0 Å². The highest BCUT2D eigenvalue weighted by molar-refractivity contribution is 5.27. The number of aliphatic imine (C=N–C) groups is 1. The van der Waals surface area contributed by atoms with Crippen LogP contribution in [0.5, 0.6) is 0 Å². The maximum absolute atomic E-state index is 3.52. The molecule has 0 N–H and O–H groups in total. The summed E-state index contributed by atoms with van der Waals surface area (Å²) in [5.74, 6) is 0. The van der Waals surface area contributed by atoms with Crippen molar-refractivity contribution in [3.05, 3.63) is 24.4 Å². The molecule has 1 heteroatoms. The highest BCUT2D eigenvalue weighted by Crippen LogP contribution is 1.89. The summed E-state index contributed by atoms with van der Waals surface area (Å²) in [4.78, 5) is 3.52. The average molecular weight is 125 g/mol. The van der Waals surface area contributed by atoms with Crippen molar-refractivity contribution in [2.24, 2.45) is 4.99 Å². The fourth-order valence-corrected chi connectivity index (χ4v) is 0.197. The first kappa shape index (κ1) is 11.0. The van der Waals surface area contributed by atoms with E-state index in [-0.39, 0.29) is 0 Å². The van der Waals surface area contributed by atoms with Crippen molar-refractivity contribution < 1.29 is 0 Å². The number of hydrogen-bond donors (Lipinski definition) is 0. The molecule has 1 nitrogen and oxygen atoms in total. The van der Waals surface area contributed by atoms with E-state index in [0.29, 0.717) is 0 Å². The van der Waals surface area contributed by atoms with E-state index in [1.54, 1.807) is 12.3 Å². The maximum Gasteiger partial charge on any atom is 0.0289 e. The summed E-state index contributed by atoms with van der Waals surface area (Å²) in [6, 6.07) is 0. The van der Waals surface area contributed by atoms with E-state index in [4.69, 9.17) is 0 Å². The molecule has 0 rings (SSSR count). The van der Waals surface area contributed by atoms with Gasteiger partial charge in [-0.05, 0) is 19.2 Å². The third-order valence-corrected chi connectivity index (χ3v) is 0.617. The van der Waals surface area contributed by atoms with Gasteiger partial charge in [-0.25, -0.2) is 0 Å². The van der Waals surface area contributed by atoms with Gasteiger partial charge in [0.15, 0.2) is 0 Å². The number of nitrogens with zero attached hydrogens (tertiary/aromatic N) is 1. The fraction of sp³-hybridized carbons (Fsp3) is 0.375.